The summed E-state index contributed by atoms with van der Waals surface area (Å²) in [5.74, 6) is -0.450. The van der Waals surface area contributed by atoms with Crippen LogP contribution in [0.2, 0.25) is 5.02 Å². The Balaban J connectivity index is 1.62. The van der Waals surface area contributed by atoms with Crippen molar-refractivity contribution in [1.29, 1.82) is 0 Å². The van der Waals surface area contributed by atoms with Gasteiger partial charge in [0, 0.05) is 16.0 Å². The molecule has 0 aliphatic carbocycles. The maximum Gasteiger partial charge on any atom is 0.134 e. The Hall–Kier alpha value is -2.71. The summed E-state index contributed by atoms with van der Waals surface area (Å²) in [7, 11) is 0. The summed E-state index contributed by atoms with van der Waals surface area (Å²) in [6.07, 6.45) is 2.14. The van der Waals surface area contributed by atoms with Gasteiger partial charge in [-0.15, -0.1) is 0 Å². The highest BCUT2D eigenvalue weighted by Crippen LogP contribution is 2.30. The minimum atomic E-state index is -0.247. The van der Waals surface area contributed by atoms with Gasteiger partial charge in [-0.2, -0.15) is 0 Å². The summed E-state index contributed by atoms with van der Waals surface area (Å²) in [6, 6.07) is 22.1. The third-order valence-electron chi connectivity index (χ3n) is 5.38. The van der Waals surface area contributed by atoms with Crippen LogP contribution in [-0.4, -0.2) is 0 Å². The first-order chi connectivity index (χ1) is 14.0. The Labute approximate surface area is 174 Å². The normalized spacial score (nSPS) is 11.2. The smallest absolute Gasteiger partial charge is 0.134 e. The van der Waals surface area contributed by atoms with E-state index in [-0.39, 0.29) is 11.6 Å². The Morgan fingerprint density at radius 3 is 2.24 bits per heavy atom. The molecule has 0 saturated heterocycles. The van der Waals surface area contributed by atoms with Gasteiger partial charge in [-0.05, 0) is 71.2 Å². The van der Waals surface area contributed by atoms with E-state index < -0.39 is 0 Å². The largest absolute Gasteiger partial charge is 0.206 e. The van der Waals surface area contributed by atoms with Crippen LogP contribution < -0.4 is 0 Å². The summed E-state index contributed by atoms with van der Waals surface area (Å²) in [6.45, 7) is 2.00. The zero-order valence-corrected chi connectivity index (χ0v) is 16.9. The summed E-state index contributed by atoms with van der Waals surface area (Å²) < 4.78 is 29.5. The summed E-state index contributed by atoms with van der Waals surface area (Å²) in [5.41, 5.74) is 4.06. The van der Waals surface area contributed by atoms with E-state index in [0.29, 0.717) is 28.0 Å². The molecule has 0 nitrogen and oxygen atoms in total. The van der Waals surface area contributed by atoms with E-state index in [1.807, 2.05) is 55.5 Å². The molecule has 0 spiro atoms. The number of fused-ring (bicyclic) bond motifs is 1. The monoisotopic (exact) mass is 406 g/mol. The van der Waals surface area contributed by atoms with Gasteiger partial charge >= 0.3 is 0 Å². The number of aryl methyl sites for hydroxylation is 3. The van der Waals surface area contributed by atoms with Gasteiger partial charge in [-0.25, -0.2) is 8.78 Å². The average Bonchev–Trinajstić information content (AvgIpc) is 2.74. The molecule has 4 rings (SSSR count). The Bertz CT molecular complexity index is 1160. The highest BCUT2D eigenvalue weighted by Gasteiger charge is 2.11. The molecule has 0 aliphatic rings. The van der Waals surface area contributed by atoms with E-state index >= 15 is 4.39 Å². The van der Waals surface area contributed by atoms with Crippen molar-refractivity contribution in [3.63, 3.8) is 0 Å². The molecule has 0 amide bonds. The average molecular weight is 407 g/mol. The first-order valence-electron chi connectivity index (χ1n) is 9.79. The third-order valence-corrected chi connectivity index (χ3v) is 5.64. The summed E-state index contributed by atoms with van der Waals surface area (Å²) in [5, 5.41) is 2.03. The van der Waals surface area contributed by atoms with E-state index in [4.69, 9.17) is 11.6 Å². The molecule has 0 aliphatic heterocycles. The number of hydrogen-bond acceptors (Lipinski definition) is 0. The molecule has 0 bridgehead atoms. The second kappa shape index (κ2) is 8.34. The highest BCUT2D eigenvalue weighted by atomic mass is 35.5. The third kappa shape index (κ3) is 4.18. The quantitative estimate of drug-likeness (QED) is 0.317. The first-order valence-corrected chi connectivity index (χ1v) is 10.2. The van der Waals surface area contributed by atoms with Gasteiger partial charge in [0.25, 0.3) is 0 Å². The molecule has 4 aromatic carbocycles. The zero-order chi connectivity index (χ0) is 20.4. The highest BCUT2D eigenvalue weighted by molar-refractivity contribution is 6.30. The van der Waals surface area contributed by atoms with Crippen LogP contribution in [0.15, 0.2) is 72.8 Å². The van der Waals surface area contributed by atoms with Crippen molar-refractivity contribution in [1.82, 2.24) is 0 Å². The predicted octanol–water partition coefficient (Wildman–Crippen LogP) is 7.79. The van der Waals surface area contributed by atoms with Crippen molar-refractivity contribution in [3.8, 4) is 11.1 Å². The Morgan fingerprint density at radius 2 is 1.52 bits per heavy atom. The van der Waals surface area contributed by atoms with Crippen molar-refractivity contribution in [2.75, 3.05) is 0 Å². The lowest BCUT2D eigenvalue weighted by molar-refractivity contribution is 0.620. The maximum atomic E-state index is 15.1. The number of benzene rings is 4. The molecule has 3 heteroatoms. The van der Waals surface area contributed by atoms with E-state index in [9.17, 15) is 4.39 Å². The summed E-state index contributed by atoms with van der Waals surface area (Å²) in [4.78, 5) is 0. The van der Waals surface area contributed by atoms with Crippen LogP contribution in [0, 0.1) is 11.6 Å². The molecular weight excluding hydrogens is 386 g/mol. The van der Waals surface area contributed by atoms with Crippen molar-refractivity contribution in [3.05, 3.63) is 106 Å². The standard InChI is InChI=1S/C26H21ClF2/c1-2-17-6-13-23(25(28)15-17)20-10-14-24-21(16-20)9-8-19(26(24)29)7-3-18-4-11-22(27)12-5-18/h4-6,8-16H,2-3,7H2,1H3. The van der Waals surface area contributed by atoms with Crippen LogP contribution in [0.3, 0.4) is 0 Å². The van der Waals surface area contributed by atoms with Crippen LogP contribution in [0.5, 0.6) is 0 Å². The fourth-order valence-electron chi connectivity index (χ4n) is 3.64. The molecule has 0 aromatic heterocycles. The number of hydrogen-bond donors (Lipinski definition) is 0. The van der Waals surface area contributed by atoms with E-state index in [1.165, 1.54) is 0 Å². The zero-order valence-electron chi connectivity index (χ0n) is 16.2. The molecule has 0 unspecified atom stereocenters. The molecule has 0 saturated carbocycles. The van der Waals surface area contributed by atoms with Crippen LogP contribution in [0.1, 0.15) is 23.6 Å². The van der Waals surface area contributed by atoms with E-state index in [1.54, 1.807) is 24.3 Å². The fraction of sp³-hybridized carbons (Fsp3) is 0.154. The van der Waals surface area contributed by atoms with Crippen LogP contribution in [-0.2, 0) is 19.3 Å². The molecule has 0 fully saturated rings. The summed E-state index contributed by atoms with van der Waals surface area (Å²) >= 11 is 5.92. The molecule has 0 N–H and O–H groups in total. The SMILES string of the molecule is CCc1ccc(-c2ccc3c(F)c(CCc4ccc(Cl)cc4)ccc3c2)c(F)c1. The number of rotatable bonds is 5. The molecule has 4 aromatic rings. The Morgan fingerprint density at radius 1 is 0.759 bits per heavy atom. The Kier molecular flexibility index (Phi) is 5.64. The first kappa shape index (κ1) is 19.6. The van der Waals surface area contributed by atoms with Gasteiger partial charge in [-0.1, -0.05) is 67.1 Å². The lowest BCUT2D eigenvalue weighted by Crippen LogP contribution is -1.96. The minimum Gasteiger partial charge on any atom is -0.206 e. The number of halogens is 3. The molecule has 29 heavy (non-hydrogen) atoms. The molecule has 146 valence electrons. The van der Waals surface area contributed by atoms with E-state index in [0.717, 1.165) is 34.9 Å². The van der Waals surface area contributed by atoms with Gasteiger partial charge in [-0.3, -0.25) is 0 Å². The van der Waals surface area contributed by atoms with Crippen molar-refractivity contribution < 1.29 is 8.78 Å². The second-order valence-corrected chi connectivity index (χ2v) is 7.71. The lowest BCUT2D eigenvalue weighted by Gasteiger charge is -2.10. The van der Waals surface area contributed by atoms with Crippen molar-refractivity contribution >= 4 is 22.4 Å². The topological polar surface area (TPSA) is 0 Å². The molecule has 0 heterocycles. The lowest BCUT2D eigenvalue weighted by atomic mass is 9.96. The van der Waals surface area contributed by atoms with Gasteiger partial charge in [0.15, 0.2) is 0 Å². The second-order valence-electron chi connectivity index (χ2n) is 7.27. The van der Waals surface area contributed by atoms with E-state index in [2.05, 4.69) is 0 Å². The van der Waals surface area contributed by atoms with Crippen LogP contribution >= 0.6 is 11.6 Å². The van der Waals surface area contributed by atoms with Crippen molar-refractivity contribution in [2.45, 2.75) is 26.2 Å². The fourth-order valence-corrected chi connectivity index (χ4v) is 3.77. The van der Waals surface area contributed by atoms with Crippen LogP contribution in [0.4, 0.5) is 8.78 Å². The van der Waals surface area contributed by atoms with Gasteiger partial charge in [0.05, 0.1) is 0 Å². The van der Waals surface area contributed by atoms with Gasteiger partial charge < -0.3 is 0 Å². The van der Waals surface area contributed by atoms with Gasteiger partial charge in [0.2, 0.25) is 0 Å². The molecule has 0 atom stereocenters. The van der Waals surface area contributed by atoms with Crippen molar-refractivity contribution in [2.24, 2.45) is 0 Å². The molecule has 0 radical (unpaired) electrons. The minimum absolute atomic E-state index is 0.204. The maximum absolute atomic E-state index is 15.1. The predicted molar refractivity (Wildman–Crippen MR) is 118 cm³/mol. The van der Waals surface area contributed by atoms with Gasteiger partial charge in [0.1, 0.15) is 11.6 Å². The van der Waals surface area contributed by atoms with Crippen LogP contribution in [0.25, 0.3) is 21.9 Å². The molecular formula is C26H21ClF2.